The summed E-state index contributed by atoms with van der Waals surface area (Å²) in [5.41, 5.74) is 6.54. The summed E-state index contributed by atoms with van der Waals surface area (Å²) in [6, 6.07) is 16.8. The number of benzene rings is 1. The second-order valence-corrected chi connectivity index (χ2v) is 9.11. The number of carbonyl (C=O) groups excluding carboxylic acids is 1. The van der Waals surface area contributed by atoms with Gasteiger partial charge in [-0.05, 0) is 76.4 Å². The molecule has 0 bridgehead atoms. The van der Waals surface area contributed by atoms with Crippen LogP contribution >= 0.6 is 0 Å². The highest BCUT2D eigenvalue weighted by Gasteiger charge is 2.21. The minimum absolute atomic E-state index is 0.0347. The van der Waals surface area contributed by atoms with Crippen LogP contribution in [-0.4, -0.2) is 40.0 Å². The van der Waals surface area contributed by atoms with Gasteiger partial charge in [-0.1, -0.05) is 35.9 Å². The smallest absolute Gasteiger partial charge is 0.253 e. The molecule has 1 aliphatic rings. The van der Waals surface area contributed by atoms with Crippen molar-refractivity contribution in [3.8, 4) is 0 Å². The first-order valence-electron chi connectivity index (χ1n) is 11.6. The Morgan fingerprint density at radius 3 is 2.47 bits per heavy atom. The highest BCUT2D eigenvalue weighted by molar-refractivity contribution is 5.95. The van der Waals surface area contributed by atoms with Crippen molar-refractivity contribution < 1.29 is 4.79 Å². The molecule has 3 heterocycles. The third kappa shape index (κ3) is 5.46. The van der Waals surface area contributed by atoms with Crippen molar-refractivity contribution in [1.82, 2.24) is 19.8 Å². The SMILES string of the molecule is Cc1ccc(CN2CCC(CNC(=O)c3cc(C)n(Cc4ccccn4)c3C)CC2)cc1. The maximum absolute atomic E-state index is 12.9. The largest absolute Gasteiger partial charge is 0.352 e. The Labute approximate surface area is 191 Å². The number of likely N-dealkylation sites (tertiary alicyclic amines) is 1. The van der Waals surface area contributed by atoms with Gasteiger partial charge in [0, 0.05) is 30.7 Å². The van der Waals surface area contributed by atoms with Crippen LogP contribution < -0.4 is 5.32 Å². The van der Waals surface area contributed by atoms with Crippen LogP contribution in [0.1, 0.15) is 51.4 Å². The molecule has 5 nitrogen and oxygen atoms in total. The molecule has 1 fully saturated rings. The van der Waals surface area contributed by atoms with E-state index in [4.69, 9.17) is 0 Å². The monoisotopic (exact) mass is 430 g/mol. The summed E-state index contributed by atoms with van der Waals surface area (Å²) in [6.45, 7) is 10.8. The maximum Gasteiger partial charge on any atom is 0.253 e. The van der Waals surface area contributed by atoms with Gasteiger partial charge < -0.3 is 9.88 Å². The van der Waals surface area contributed by atoms with E-state index in [0.29, 0.717) is 12.5 Å². The van der Waals surface area contributed by atoms with E-state index in [1.165, 1.54) is 11.1 Å². The summed E-state index contributed by atoms with van der Waals surface area (Å²) in [7, 11) is 0. The number of pyridine rings is 1. The predicted octanol–water partition coefficient (Wildman–Crippen LogP) is 4.50. The molecule has 5 heteroatoms. The zero-order valence-electron chi connectivity index (χ0n) is 19.5. The van der Waals surface area contributed by atoms with Crippen LogP contribution in [0.4, 0.5) is 0 Å². The van der Waals surface area contributed by atoms with Crippen LogP contribution in [0, 0.1) is 26.7 Å². The number of amides is 1. The van der Waals surface area contributed by atoms with E-state index in [9.17, 15) is 4.79 Å². The standard InChI is InChI=1S/C27H34N4O/c1-20-7-9-24(10-8-20)18-30-14-11-23(12-15-30)17-29-27(32)26-16-21(2)31(22(26)3)19-25-6-4-5-13-28-25/h4-10,13,16,23H,11-12,14-15,17-19H2,1-3H3,(H,29,32). The molecule has 32 heavy (non-hydrogen) atoms. The van der Waals surface area contributed by atoms with Gasteiger partial charge in [-0.15, -0.1) is 0 Å². The van der Waals surface area contributed by atoms with E-state index in [1.54, 1.807) is 0 Å². The van der Waals surface area contributed by atoms with Crippen molar-refractivity contribution in [2.24, 2.45) is 5.92 Å². The van der Waals surface area contributed by atoms with Gasteiger partial charge in [0.05, 0.1) is 17.8 Å². The Morgan fingerprint density at radius 2 is 1.78 bits per heavy atom. The fraction of sp³-hybridized carbons (Fsp3) is 0.407. The number of nitrogens with zero attached hydrogens (tertiary/aromatic N) is 3. The number of hydrogen-bond acceptors (Lipinski definition) is 3. The van der Waals surface area contributed by atoms with Crippen LogP contribution in [0.3, 0.4) is 0 Å². The van der Waals surface area contributed by atoms with E-state index in [0.717, 1.165) is 61.7 Å². The minimum atomic E-state index is 0.0347. The topological polar surface area (TPSA) is 50.2 Å². The third-order valence-electron chi connectivity index (χ3n) is 6.65. The number of piperidine rings is 1. The van der Waals surface area contributed by atoms with Crippen molar-refractivity contribution in [3.63, 3.8) is 0 Å². The Balaban J connectivity index is 1.27. The van der Waals surface area contributed by atoms with Gasteiger partial charge in [0.1, 0.15) is 0 Å². The summed E-state index contributed by atoms with van der Waals surface area (Å²) >= 11 is 0. The zero-order valence-corrected chi connectivity index (χ0v) is 19.5. The molecule has 1 amide bonds. The molecule has 0 unspecified atom stereocenters. The minimum Gasteiger partial charge on any atom is -0.352 e. The van der Waals surface area contributed by atoms with Crippen LogP contribution in [0.2, 0.25) is 0 Å². The molecule has 1 aromatic carbocycles. The number of rotatable bonds is 7. The van der Waals surface area contributed by atoms with Crippen LogP contribution in [-0.2, 0) is 13.1 Å². The van der Waals surface area contributed by atoms with Crippen LogP contribution in [0.5, 0.6) is 0 Å². The molecule has 168 valence electrons. The van der Waals surface area contributed by atoms with Crippen LogP contribution in [0.15, 0.2) is 54.7 Å². The molecular weight excluding hydrogens is 396 g/mol. The first-order valence-corrected chi connectivity index (χ1v) is 11.6. The van der Waals surface area contributed by atoms with Crippen molar-refractivity contribution in [2.75, 3.05) is 19.6 Å². The van der Waals surface area contributed by atoms with Gasteiger partial charge >= 0.3 is 0 Å². The Hall–Kier alpha value is -2.92. The fourth-order valence-electron chi connectivity index (χ4n) is 4.56. The van der Waals surface area contributed by atoms with Crippen LogP contribution in [0.25, 0.3) is 0 Å². The number of hydrogen-bond donors (Lipinski definition) is 1. The van der Waals surface area contributed by atoms with Gasteiger partial charge in [0.15, 0.2) is 0 Å². The summed E-state index contributed by atoms with van der Waals surface area (Å²) in [6.07, 6.45) is 4.07. The average molecular weight is 431 g/mol. The average Bonchev–Trinajstić information content (AvgIpc) is 3.09. The molecule has 4 rings (SSSR count). The van der Waals surface area contributed by atoms with Crippen molar-refractivity contribution in [2.45, 2.75) is 46.7 Å². The third-order valence-corrected chi connectivity index (χ3v) is 6.65. The number of nitrogens with one attached hydrogen (secondary N) is 1. The molecule has 0 radical (unpaired) electrons. The van der Waals surface area contributed by atoms with E-state index < -0.39 is 0 Å². The highest BCUT2D eigenvalue weighted by atomic mass is 16.1. The number of carbonyl (C=O) groups is 1. The van der Waals surface area contributed by atoms with Crippen molar-refractivity contribution >= 4 is 5.91 Å². The lowest BCUT2D eigenvalue weighted by Gasteiger charge is -2.32. The van der Waals surface area contributed by atoms with E-state index in [1.807, 2.05) is 37.4 Å². The predicted molar refractivity (Wildman–Crippen MR) is 129 cm³/mol. The molecule has 3 aromatic rings. The van der Waals surface area contributed by atoms with Gasteiger partial charge in [-0.25, -0.2) is 0 Å². The van der Waals surface area contributed by atoms with Gasteiger partial charge in [-0.2, -0.15) is 0 Å². The molecule has 1 aliphatic heterocycles. The quantitative estimate of drug-likeness (QED) is 0.600. The maximum atomic E-state index is 12.9. The molecule has 0 aliphatic carbocycles. The summed E-state index contributed by atoms with van der Waals surface area (Å²) in [4.78, 5) is 19.8. The highest BCUT2D eigenvalue weighted by Crippen LogP contribution is 2.20. The lowest BCUT2D eigenvalue weighted by molar-refractivity contribution is 0.0934. The zero-order chi connectivity index (χ0) is 22.5. The van der Waals surface area contributed by atoms with E-state index in [-0.39, 0.29) is 5.91 Å². The second-order valence-electron chi connectivity index (χ2n) is 9.11. The molecular formula is C27H34N4O. The van der Waals surface area contributed by atoms with Crippen molar-refractivity contribution in [3.05, 3.63) is 88.5 Å². The Morgan fingerprint density at radius 1 is 1.03 bits per heavy atom. The van der Waals surface area contributed by atoms with Gasteiger partial charge in [0.2, 0.25) is 0 Å². The van der Waals surface area contributed by atoms with E-state index >= 15 is 0 Å². The molecule has 0 spiro atoms. The number of aryl methyl sites for hydroxylation is 2. The fourth-order valence-corrected chi connectivity index (χ4v) is 4.56. The summed E-state index contributed by atoms with van der Waals surface area (Å²) in [5.74, 6) is 0.581. The Kier molecular flexibility index (Phi) is 7.05. The molecule has 0 atom stereocenters. The Bertz CT molecular complexity index is 1030. The lowest BCUT2D eigenvalue weighted by atomic mass is 9.96. The normalized spacial score (nSPS) is 15.1. The number of aromatic nitrogens is 2. The molecule has 0 saturated carbocycles. The second kappa shape index (κ2) is 10.1. The first-order chi connectivity index (χ1) is 15.5. The van der Waals surface area contributed by atoms with Crippen molar-refractivity contribution in [1.29, 1.82) is 0 Å². The molecule has 2 aromatic heterocycles. The molecule has 1 saturated heterocycles. The van der Waals surface area contributed by atoms with E-state index in [2.05, 4.69) is 57.9 Å². The molecule has 1 N–H and O–H groups in total. The summed E-state index contributed by atoms with van der Waals surface area (Å²) < 4.78 is 2.17. The first kappa shape index (κ1) is 22.3. The van der Waals surface area contributed by atoms with Gasteiger partial charge in [0.25, 0.3) is 5.91 Å². The lowest BCUT2D eigenvalue weighted by Crippen LogP contribution is -2.38. The summed E-state index contributed by atoms with van der Waals surface area (Å²) in [5, 5.41) is 3.20. The van der Waals surface area contributed by atoms with Gasteiger partial charge in [-0.3, -0.25) is 14.7 Å².